The molecule has 0 saturated heterocycles. The van der Waals surface area contributed by atoms with Crippen molar-refractivity contribution in [1.29, 1.82) is 5.26 Å². The van der Waals surface area contributed by atoms with E-state index in [9.17, 15) is 14.9 Å². The number of allylic oxidation sites excluding steroid dienone is 2. The predicted octanol–water partition coefficient (Wildman–Crippen LogP) is 5.02. The molecule has 158 valence electrons. The largest absolute Gasteiger partial charge is 0.353 e. The monoisotopic (exact) mass is 443 g/mol. The van der Waals surface area contributed by atoms with E-state index in [2.05, 4.69) is 16.4 Å². The van der Waals surface area contributed by atoms with Gasteiger partial charge in [0.05, 0.1) is 16.9 Å². The topological polar surface area (TPSA) is 82.3 Å². The Labute approximate surface area is 187 Å². The molecule has 0 radical (unpaired) electrons. The van der Waals surface area contributed by atoms with Crippen LogP contribution >= 0.6 is 23.4 Å². The molecule has 1 amide bonds. The van der Waals surface area contributed by atoms with Crippen LogP contribution in [0.1, 0.15) is 57.4 Å². The normalized spacial score (nSPS) is 22.3. The molecule has 5 nitrogen and oxygen atoms in total. The van der Waals surface area contributed by atoms with Gasteiger partial charge in [-0.2, -0.15) is 5.26 Å². The van der Waals surface area contributed by atoms with Crippen molar-refractivity contribution in [1.82, 2.24) is 5.32 Å². The number of halogens is 1. The number of nitriles is 1. The lowest BCUT2D eigenvalue weighted by molar-refractivity contribution is -0.119. The lowest BCUT2D eigenvalue weighted by atomic mass is 9.78. The molecule has 3 rings (SSSR count). The fourth-order valence-corrected chi connectivity index (χ4v) is 5.30. The molecule has 1 fully saturated rings. The van der Waals surface area contributed by atoms with Crippen LogP contribution in [0.5, 0.6) is 0 Å². The van der Waals surface area contributed by atoms with Crippen molar-refractivity contribution in [3.8, 4) is 6.07 Å². The summed E-state index contributed by atoms with van der Waals surface area (Å²) in [5.41, 5.74) is 1.99. The van der Waals surface area contributed by atoms with Crippen LogP contribution in [0.4, 0.5) is 0 Å². The van der Waals surface area contributed by atoms with Gasteiger partial charge in [-0.05, 0) is 44.4 Å². The Morgan fingerprint density at radius 2 is 1.90 bits per heavy atom. The first kappa shape index (κ1) is 22.6. The van der Waals surface area contributed by atoms with Gasteiger partial charge in [0.1, 0.15) is 5.92 Å². The first-order chi connectivity index (χ1) is 14.4. The quantitative estimate of drug-likeness (QED) is 0.692. The van der Waals surface area contributed by atoms with Crippen molar-refractivity contribution in [2.45, 2.75) is 57.9 Å². The van der Waals surface area contributed by atoms with E-state index < -0.39 is 11.8 Å². The SMILES string of the molecule is CC(=O)C1=C(C)N=C(SCC(=O)NC2CCCCC2)C(C#N)[C@H]1c1ccc(Cl)cc1. The second-order valence-electron chi connectivity index (χ2n) is 7.83. The van der Waals surface area contributed by atoms with Crippen molar-refractivity contribution in [3.05, 3.63) is 46.1 Å². The molecule has 1 aliphatic heterocycles. The van der Waals surface area contributed by atoms with Crippen LogP contribution in [0.2, 0.25) is 5.02 Å². The van der Waals surface area contributed by atoms with Crippen LogP contribution < -0.4 is 5.32 Å². The summed E-state index contributed by atoms with van der Waals surface area (Å²) in [5, 5.41) is 14.2. The third-order valence-corrected chi connectivity index (χ3v) is 6.95. The number of hydrogen-bond acceptors (Lipinski definition) is 5. The number of nitrogens with one attached hydrogen (secondary N) is 1. The smallest absolute Gasteiger partial charge is 0.230 e. The highest BCUT2D eigenvalue weighted by Gasteiger charge is 2.37. The Bertz CT molecular complexity index is 911. The van der Waals surface area contributed by atoms with Gasteiger partial charge >= 0.3 is 0 Å². The zero-order valence-corrected chi connectivity index (χ0v) is 18.9. The van der Waals surface area contributed by atoms with Crippen LogP contribution in [0.3, 0.4) is 0 Å². The summed E-state index contributed by atoms with van der Waals surface area (Å²) in [6.45, 7) is 3.29. The van der Waals surface area contributed by atoms with Crippen LogP contribution in [-0.4, -0.2) is 28.5 Å². The molecule has 30 heavy (non-hydrogen) atoms. The molecular formula is C23H26ClN3O2S. The number of hydrogen-bond donors (Lipinski definition) is 1. The lowest BCUT2D eigenvalue weighted by Gasteiger charge is -2.30. The van der Waals surface area contributed by atoms with Crippen LogP contribution in [0.15, 0.2) is 40.5 Å². The summed E-state index contributed by atoms with van der Waals surface area (Å²) in [6, 6.07) is 9.78. The molecule has 1 saturated carbocycles. The molecule has 7 heteroatoms. The molecule has 1 aromatic rings. The van der Waals surface area contributed by atoms with E-state index in [0.29, 0.717) is 21.3 Å². The van der Waals surface area contributed by atoms with E-state index in [1.165, 1.54) is 25.1 Å². The fourth-order valence-electron chi connectivity index (χ4n) is 4.24. The van der Waals surface area contributed by atoms with Gasteiger partial charge in [-0.15, -0.1) is 0 Å². The molecule has 0 aromatic heterocycles. The van der Waals surface area contributed by atoms with Crippen molar-refractivity contribution < 1.29 is 9.59 Å². The third kappa shape index (κ3) is 5.33. The van der Waals surface area contributed by atoms with Crippen molar-refractivity contribution >= 4 is 40.1 Å². The molecule has 1 aliphatic carbocycles. The standard InChI is InChI=1S/C23H26ClN3O2S/c1-14-21(15(2)28)22(16-8-10-17(24)11-9-16)19(12-25)23(26-14)30-13-20(29)27-18-6-4-3-5-7-18/h8-11,18-19,22H,3-7,13H2,1-2H3,(H,27,29)/t19?,22-/m1/s1. The van der Waals surface area contributed by atoms with Gasteiger partial charge in [-0.3, -0.25) is 9.59 Å². The van der Waals surface area contributed by atoms with Crippen molar-refractivity contribution in [2.24, 2.45) is 10.9 Å². The molecule has 1 unspecified atom stereocenters. The second kappa shape index (κ2) is 10.3. The molecule has 1 N–H and O–H groups in total. The number of benzene rings is 1. The van der Waals surface area contributed by atoms with Crippen molar-refractivity contribution in [3.63, 3.8) is 0 Å². The van der Waals surface area contributed by atoms with Gasteiger partial charge < -0.3 is 5.32 Å². The number of nitrogens with zero attached hydrogens (tertiary/aromatic N) is 2. The first-order valence-corrected chi connectivity index (χ1v) is 11.6. The summed E-state index contributed by atoms with van der Waals surface area (Å²) in [5.74, 6) is -0.972. The second-order valence-corrected chi connectivity index (χ2v) is 9.26. The van der Waals surface area contributed by atoms with E-state index in [1.54, 1.807) is 19.1 Å². The number of amides is 1. The predicted molar refractivity (Wildman–Crippen MR) is 122 cm³/mol. The Morgan fingerprint density at radius 1 is 1.23 bits per heavy atom. The average Bonchev–Trinajstić information content (AvgIpc) is 2.72. The molecular weight excluding hydrogens is 418 g/mol. The molecule has 2 aliphatic rings. The minimum absolute atomic E-state index is 0.0340. The highest BCUT2D eigenvalue weighted by atomic mass is 35.5. The Balaban J connectivity index is 1.80. The van der Waals surface area contributed by atoms with E-state index in [0.717, 1.165) is 31.2 Å². The maximum atomic E-state index is 12.4. The van der Waals surface area contributed by atoms with Gasteiger partial charge in [-0.1, -0.05) is 54.8 Å². The maximum absolute atomic E-state index is 12.4. The number of carbonyl (C=O) groups is 2. The first-order valence-electron chi connectivity index (χ1n) is 10.3. The summed E-state index contributed by atoms with van der Waals surface area (Å²) >= 11 is 7.32. The Hall–Kier alpha value is -2.10. The molecule has 1 aromatic carbocycles. The number of rotatable bonds is 5. The zero-order chi connectivity index (χ0) is 21.7. The summed E-state index contributed by atoms with van der Waals surface area (Å²) in [7, 11) is 0. The van der Waals surface area contributed by atoms with E-state index in [4.69, 9.17) is 11.6 Å². The Kier molecular flexibility index (Phi) is 7.74. The third-order valence-electron chi connectivity index (χ3n) is 5.65. The number of ketones is 1. The van der Waals surface area contributed by atoms with Gasteiger partial charge in [0.15, 0.2) is 5.78 Å². The highest BCUT2D eigenvalue weighted by molar-refractivity contribution is 8.14. The van der Waals surface area contributed by atoms with Crippen LogP contribution in [-0.2, 0) is 9.59 Å². The molecule has 1 heterocycles. The van der Waals surface area contributed by atoms with Crippen LogP contribution in [0, 0.1) is 17.2 Å². The number of thioether (sulfide) groups is 1. The molecule has 2 atom stereocenters. The van der Waals surface area contributed by atoms with E-state index in [-0.39, 0.29) is 23.5 Å². The molecule has 0 spiro atoms. The number of carbonyl (C=O) groups excluding carboxylic acids is 2. The minimum atomic E-state index is -0.624. The van der Waals surface area contributed by atoms with Gasteiger partial charge in [0, 0.05) is 28.3 Å². The maximum Gasteiger partial charge on any atom is 0.230 e. The highest BCUT2D eigenvalue weighted by Crippen LogP contribution is 2.41. The van der Waals surface area contributed by atoms with E-state index >= 15 is 0 Å². The van der Waals surface area contributed by atoms with E-state index in [1.807, 2.05) is 12.1 Å². The van der Waals surface area contributed by atoms with Gasteiger partial charge in [0.25, 0.3) is 0 Å². The average molecular weight is 444 g/mol. The minimum Gasteiger partial charge on any atom is -0.353 e. The summed E-state index contributed by atoms with van der Waals surface area (Å²) in [6.07, 6.45) is 5.60. The lowest BCUT2D eigenvalue weighted by Crippen LogP contribution is -2.37. The number of aliphatic imine (C=N–C) groups is 1. The van der Waals surface area contributed by atoms with Crippen LogP contribution in [0.25, 0.3) is 0 Å². The fraction of sp³-hybridized carbons (Fsp3) is 0.478. The van der Waals surface area contributed by atoms with Gasteiger partial charge in [-0.25, -0.2) is 4.99 Å². The summed E-state index contributed by atoms with van der Waals surface area (Å²) < 4.78 is 0. The Morgan fingerprint density at radius 3 is 2.50 bits per heavy atom. The van der Waals surface area contributed by atoms with Crippen molar-refractivity contribution in [2.75, 3.05) is 5.75 Å². The zero-order valence-electron chi connectivity index (χ0n) is 17.3. The van der Waals surface area contributed by atoms with Gasteiger partial charge in [0.2, 0.25) is 5.91 Å². The number of Topliss-reactive ketones (excluding diaryl/α,β-unsaturated/α-hetero) is 1. The summed E-state index contributed by atoms with van der Waals surface area (Å²) in [4.78, 5) is 29.4. The molecule has 0 bridgehead atoms.